The number of rotatable bonds is 11. The lowest BCUT2D eigenvalue weighted by molar-refractivity contribution is 0.0333. The molecule has 0 spiro atoms. The first-order valence-corrected chi connectivity index (χ1v) is 11.5. The average Bonchev–Trinajstić information content (AvgIpc) is 2.41. The first-order chi connectivity index (χ1) is 10.6. The predicted octanol–water partition coefficient (Wildman–Crippen LogP) is 3.41. The molecule has 1 fully saturated rings. The maximum Gasteiger partial charge on any atom is 0.319 e. The maximum atomic E-state index is 10.5. The minimum atomic E-state index is -3.88. The first-order valence-electron chi connectivity index (χ1n) is 8.52. The Morgan fingerprint density at radius 3 is 2.36 bits per heavy atom. The lowest BCUT2D eigenvalue weighted by Gasteiger charge is -2.20. The van der Waals surface area contributed by atoms with Crippen LogP contribution in [0.1, 0.15) is 64.2 Å². The van der Waals surface area contributed by atoms with E-state index in [1.54, 1.807) is 0 Å². The molecule has 1 aliphatic carbocycles. The molecule has 0 aromatic rings. The zero-order valence-electron chi connectivity index (χ0n) is 13.5. The van der Waals surface area contributed by atoms with E-state index >= 15 is 0 Å². The van der Waals surface area contributed by atoms with E-state index in [4.69, 9.17) is 9.29 Å². The van der Waals surface area contributed by atoms with Gasteiger partial charge in [-0.2, -0.15) is 8.42 Å². The summed E-state index contributed by atoms with van der Waals surface area (Å²) >= 11 is 0. The predicted molar refractivity (Wildman–Crippen MR) is 92.8 cm³/mol. The summed E-state index contributed by atoms with van der Waals surface area (Å²) in [4.78, 5) is 0. The van der Waals surface area contributed by atoms with E-state index in [1.165, 1.54) is 44.9 Å². The van der Waals surface area contributed by atoms with Crippen LogP contribution < -0.4 is 5.32 Å². The van der Waals surface area contributed by atoms with Crippen molar-refractivity contribution >= 4 is 19.9 Å². The molecule has 0 bridgehead atoms. The third kappa shape index (κ3) is 12.7. The van der Waals surface area contributed by atoms with Gasteiger partial charge in [-0.25, -0.2) is 0 Å². The van der Waals surface area contributed by atoms with Gasteiger partial charge in [0.15, 0.2) is 0 Å². The normalized spacial score (nSPS) is 18.0. The summed E-state index contributed by atoms with van der Waals surface area (Å²) in [7, 11) is -3.31. The third-order valence-electron chi connectivity index (χ3n) is 3.91. The Kier molecular flexibility index (Phi) is 11.6. The molecule has 22 heavy (non-hydrogen) atoms. The molecule has 0 radical (unpaired) electrons. The van der Waals surface area contributed by atoms with E-state index in [0.717, 1.165) is 32.4 Å². The Labute approximate surface area is 139 Å². The van der Waals surface area contributed by atoms with Gasteiger partial charge in [0.05, 0.1) is 6.10 Å². The Morgan fingerprint density at radius 2 is 1.68 bits per heavy atom. The van der Waals surface area contributed by atoms with Gasteiger partial charge in [-0.3, -0.25) is 4.55 Å². The molecular weight excluding hydrogens is 322 g/mol. The van der Waals surface area contributed by atoms with E-state index in [9.17, 15) is 8.42 Å². The molecule has 0 saturated heterocycles. The van der Waals surface area contributed by atoms with Crippen molar-refractivity contribution in [2.45, 2.75) is 70.3 Å². The third-order valence-corrected chi connectivity index (χ3v) is 5.98. The summed E-state index contributed by atoms with van der Waals surface area (Å²) in [6.45, 7) is 2.35. The van der Waals surface area contributed by atoms with E-state index in [1.807, 2.05) is 0 Å². The van der Waals surface area contributed by atoms with Gasteiger partial charge in [-0.1, -0.05) is 32.1 Å². The van der Waals surface area contributed by atoms with Crippen molar-refractivity contribution in [3.63, 3.8) is 0 Å². The Hall–Kier alpha value is 0.180. The second-order valence-electron chi connectivity index (χ2n) is 5.90. The van der Waals surface area contributed by atoms with Crippen molar-refractivity contribution in [3.05, 3.63) is 0 Å². The largest absolute Gasteiger partial charge is 0.378 e. The molecule has 7 heteroatoms. The number of hydrogen-bond donors (Lipinski definition) is 2. The van der Waals surface area contributed by atoms with Gasteiger partial charge in [0.25, 0.3) is 0 Å². The molecule has 1 saturated carbocycles. The van der Waals surface area contributed by atoms with Crippen LogP contribution in [0.2, 0.25) is 0 Å². The fourth-order valence-electron chi connectivity index (χ4n) is 2.71. The van der Waals surface area contributed by atoms with Gasteiger partial charge in [0.2, 0.25) is 0 Å². The highest BCUT2D eigenvalue weighted by Gasteiger charge is 2.11. The molecule has 5 nitrogen and oxygen atoms in total. The highest BCUT2D eigenvalue weighted by molar-refractivity contribution is 8.69. The summed E-state index contributed by atoms with van der Waals surface area (Å²) in [6, 6.07) is 0. The zero-order valence-corrected chi connectivity index (χ0v) is 15.1. The second kappa shape index (κ2) is 12.6. The van der Waals surface area contributed by atoms with Crippen molar-refractivity contribution in [1.82, 2.24) is 5.32 Å². The molecule has 0 heterocycles. The highest BCUT2D eigenvalue weighted by Crippen LogP contribution is 2.19. The van der Waals surface area contributed by atoms with Crippen molar-refractivity contribution < 1.29 is 17.7 Å². The Morgan fingerprint density at radius 1 is 1.00 bits per heavy atom. The van der Waals surface area contributed by atoms with Gasteiger partial charge in [0.1, 0.15) is 0 Å². The fraction of sp³-hybridized carbons (Fsp3) is 1.00. The molecule has 0 aromatic carbocycles. The molecule has 1 rings (SSSR count). The van der Waals surface area contributed by atoms with Crippen LogP contribution in [0.3, 0.4) is 0 Å². The van der Waals surface area contributed by atoms with Crippen LogP contribution in [-0.4, -0.2) is 44.5 Å². The van der Waals surface area contributed by atoms with Crippen LogP contribution in [-0.2, 0) is 13.9 Å². The smallest absolute Gasteiger partial charge is 0.319 e. The summed E-state index contributed by atoms with van der Waals surface area (Å²) in [5, 5.41) is 3.18. The second-order valence-corrected chi connectivity index (χ2v) is 9.37. The number of hydrogen-bond acceptors (Lipinski definition) is 5. The van der Waals surface area contributed by atoms with Gasteiger partial charge in [-0.15, -0.1) is 0 Å². The quantitative estimate of drug-likeness (QED) is 0.337. The summed E-state index contributed by atoms with van der Waals surface area (Å²) in [5.74, 6) is 0.379. The maximum absolute atomic E-state index is 10.5. The molecule has 132 valence electrons. The topological polar surface area (TPSA) is 75.6 Å². The van der Waals surface area contributed by atoms with Gasteiger partial charge < -0.3 is 10.1 Å². The minimum absolute atomic E-state index is 0.379. The monoisotopic (exact) mass is 353 g/mol. The van der Waals surface area contributed by atoms with E-state index in [-0.39, 0.29) is 0 Å². The van der Waals surface area contributed by atoms with Crippen molar-refractivity contribution in [3.8, 4) is 0 Å². The number of ether oxygens (including phenoxy) is 1. The van der Waals surface area contributed by atoms with Crippen molar-refractivity contribution in [2.75, 3.05) is 25.4 Å². The van der Waals surface area contributed by atoms with Crippen molar-refractivity contribution in [1.29, 1.82) is 0 Å². The van der Waals surface area contributed by atoms with Crippen LogP contribution in [0.4, 0.5) is 0 Å². The molecule has 2 N–H and O–H groups in total. The highest BCUT2D eigenvalue weighted by atomic mass is 33.1. The van der Waals surface area contributed by atoms with Crippen LogP contribution in [0.5, 0.6) is 0 Å². The average molecular weight is 354 g/mol. The van der Waals surface area contributed by atoms with Gasteiger partial charge in [0, 0.05) is 18.9 Å². The van der Waals surface area contributed by atoms with E-state index in [2.05, 4.69) is 5.32 Å². The summed E-state index contributed by atoms with van der Waals surface area (Å²) in [5.41, 5.74) is 0. The van der Waals surface area contributed by atoms with Gasteiger partial charge in [-0.05, 0) is 49.4 Å². The van der Waals surface area contributed by atoms with Crippen LogP contribution in [0.15, 0.2) is 0 Å². The standard InChI is InChI=1S/C15H31NO4S2/c17-22(18,19)21-14-12-16-11-7-4-8-13-20-15-9-5-2-1-3-6-10-15/h15-16H,1-14H2,(H,17,18,19). The fourth-order valence-corrected chi connectivity index (χ4v) is 4.03. The lowest BCUT2D eigenvalue weighted by atomic mass is 9.98. The minimum Gasteiger partial charge on any atom is -0.378 e. The SMILES string of the molecule is O=S(=O)(O)SCCNCCCCCOC1CCCCCCC1. The molecule has 0 amide bonds. The summed E-state index contributed by atoms with van der Waals surface area (Å²) < 4.78 is 35.5. The van der Waals surface area contributed by atoms with E-state index < -0.39 is 9.15 Å². The molecule has 0 aliphatic heterocycles. The van der Waals surface area contributed by atoms with Crippen LogP contribution >= 0.6 is 10.8 Å². The number of nitrogens with one attached hydrogen (secondary N) is 1. The van der Waals surface area contributed by atoms with Crippen LogP contribution in [0, 0.1) is 0 Å². The molecule has 1 aliphatic rings. The Balaban J connectivity index is 1.84. The molecule has 0 atom stereocenters. The zero-order chi connectivity index (χ0) is 16.1. The van der Waals surface area contributed by atoms with Gasteiger partial charge >= 0.3 is 9.15 Å². The summed E-state index contributed by atoms with van der Waals surface area (Å²) in [6.07, 6.45) is 13.0. The lowest BCUT2D eigenvalue weighted by Crippen LogP contribution is -2.19. The van der Waals surface area contributed by atoms with Crippen molar-refractivity contribution in [2.24, 2.45) is 0 Å². The number of unbranched alkanes of at least 4 members (excludes halogenated alkanes) is 2. The molecular formula is C15H31NO4S2. The van der Waals surface area contributed by atoms with Crippen LogP contribution in [0.25, 0.3) is 0 Å². The Bertz CT molecular complexity index is 355. The molecule has 0 aromatic heterocycles. The van der Waals surface area contributed by atoms with E-state index in [0.29, 0.717) is 29.2 Å². The first kappa shape index (κ1) is 20.2. The molecule has 0 unspecified atom stereocenters.